The monoisotopic (exact) mass is 451 g/mol. The molecule has 2 aliphatic heterocycles. The summed E-state index contributed by atoms with van der Waals surface area (Å²) in [6, 6.07) is 12.1. The molecule has 2 aliphatic rings. The molecule has 0 aromatic heterocycles. The van der Waals surface area contributed by atoms with Crippen molar-refractivity contribution in [2.24, 2.45) is 0 Å². The third-order valence-electron chi connectivity index (χ3n) is 6.49. The molecule has 2 aromatic carbocycles. The maximum absolute atomic E-state index is 13.2. The van der Waals surface area contributed by atoms with Gasteiger partial charge in [0.1, 0.15) is 5.82 Å². The van der Waals surface area contributed by atoms with Gasteiger partial charge in [-0.2, -0.15) is 0 Å². The second-order valence-electron chi connectivity index (χ2n) is 8.74. The van der Waals surface area contributed by atoms with E-state index in [0.29, 0.717) is 49.4 Å². The molecular weight excluding hydrogens is 421 g/mol. The Morgan fingerprint density at radius 2 is 1.30 bits per heavy atom. The minimum Gasteiger partial charge on any atom is -0.342 e. The molecule has 2 saturated heterocycles. The summed E-state index contributed by atoms with van der Waals surface area (Å²) in [6.07, 6.45) is 4.53. The zero-order valence-corrected chi connectivity index (χ0v) is 18.8. The lowest BCUT2D eigenvalue weighted by molar-refractivity contribution is -0.132. The highest BCUT2D eigenvalue weighted by atomic mass is 19.1. The third-order valence-corrected chi connectivity index (χ3v) is 6.49. The van der Waals surface area contributed by atoms with Gasteiger partial charge in [0.15, 0.2) is 5.78 Å². The summed E-state index contributed by atoms with van der Waals surface area (Å²) in [5.74, 6) is -0.741. The molecule has 33 heavy (non-hydrogen) atoms. The van der Waals surface area contributed by atoms with Crippen LogP contribution in [0.3, 0.4) is 0 Å². The molecule has 2 fully saturated rings. The van der Waals surface area contributed by atoms with Crippen LogP contribution in [-0.4, -0.2) is 78.1 Å². The van der Waals surface area contributed by atoms with Crippen LogP contribution in [0.4, 0.5) is 4.39 Å². The summed E-state index contributed by atoms with van der Waals surface area (Å²) in [5.41, 5.74) is 1.00. The first-order valence-corrected chi connectivity index (χ1v) is 11.7. The van der Waals surface area contributed by atoms with E-state index in [1.165, 1.54) is 37.1 Å². The van der Waals surface area contributed by atoms with Crippen molar-refractivity contribution < 1.29 is 18.8 Å². The highest BCUT2D eigenvalue weighted by molar-refractivity contribution is 6.15. The summed E-state index contributed by atoms with van der Waals surface area (Å²) in [6.45, 7) is 4.34. The number of carbonyl (C=O) groups excluding carboxylic acids is 3. The number of likely N-dealkylation sites (tertiary alicyclic amines) is 1. The fourth-order valence-electron chi connectivity index (χ4n) is 4.52. The standard InChI is InChI=1S/C26H30FN3O3/c27-21-11-9-20(10-12-21)25(32)22-7-3-4-8-23(22)26(33)30-17-15-28(16-18-30)19-24(31)29-13-5-1-2-6-14-29/h3-4,7-12H,1-2,5-6,13-19H2. The molecule has 0 N–H and O–H groups in total. The lowest BCUT2D eigenvalue weighted by Crippen LogP contribution is -2.51. The van der Waals surface area contributed by atoms with E-state index in [2.05, 4.69) is 4.90 Å². The zero-order chi connectivity index (χ0) is 23.2. The van der Waals surface area contributed by atoms with E-state index in [0.717, 1.165) is 25.9 Å². The molecule has 0 saturated carbocycles. The van der Waals surface area contributed by atoms with Gasteiger partial charge in [0.25, 0.3) is 5.91 Å². The number of rotatable bonds is 5. The number of nitrogens with zero attached hydrogens (tertiary/aromatic N) is 3. The molecule has 0 aliphatic carbocycles. The topological polar surface area (TPSA) is 60.9 Å². The Morgan fingerprint density at radius 3 is 1.94 bits per heavy atom. The van der Waals surface area contributed by atoms with Crippen LogP contribution in [0.2, 0.25) is 0 Å². The maximum Gasteiger partial charge on any atom is 0.254 e. The Morgan fingerprint density at radius 1 is 0.697 bits per heavy atom. The number of hydrogen-bond acceptors (Lipinski definition) is 4. The van der Waals surface area contributed by atoms with Gasteiger partial charge in [0.2, 0.25) is 5.91 Å². The van der Waals surface area contributed by atoms with Crippen molar-refractivity contribution >= 4 is 17.6 Å². The second-order valence-corrected chi connectivity index (χ2v) is 8.74. The molecule has 4 rings (SSSR count). The van der Waals surface area contributed by atoms with Gasteiger partial charge in [-0.3, -0.25) is 19.3 Å². The van der Waals surface area contributed by atoms with Crippen molar-refractivity contribution in [2.75, 3.05) is 45.8 Å². The van der Waals surface area contributed by atoms with E-state index in [1.54, 1.807) is 29.2 Å². The van der Waals surface area contributed by atoms with Gasteiger partial charge in [-0.1, -0.05) is 31.0 Å². The van der Waals surface area contributed by atoms with Gasteiger partial charge >= 0.3 is 0 Å². The maximum atomic E-state index is 13.2. The number of amides is 2. The predicted molar refractivity (Wildman–Crippen MR) is 124 cm³/mol. The lowest BCUT2D eigenvalue weighted by atomic mass is 9.97. The summed E-state index contributed by atoms with van der Waals surface area (Å²) >= 11 is 0. The number of piperazine rings is 1. The molecule has 0 atom stereocenters. The summed E-state index contributed by atoms with van der Waals surface area (Å²) in [7, 11) is 0. The molecule has 0 bridgehead atoms. The highest BCUT2D eigenvalue weighted by Crippen LogP contribution is 2.18. The van der Waals surface area contributed by atoms with Gasteiger partial charge < -0.3 is 9.80 Å². The lowest BCUT2D eigenvalue weighted by Gasteiger charge is -2.35. The molecule has 174 valence electrons. The van der Waals surface area contributed by atoms with E-state index in [1.807, 2.05) is 4.90 Å². The Kier molecular flexibility index (Phi) is 7.50. The normalized spacial score (nSPS) is 17.5. The Balaban J connectivity index is 1.37. The van der Waals surface area contributed by atoms with Crippen molar-refractivity contribution in [3.05, 3.63) is 71.0 Å². The van der Waals surface area contributed by atoms with Gasteiger partial charge in [-0.15, -0.1) is 0 Å². The molecule has 6 nitrogen and oxygen atoms in total. The molecular formula is C26H30FN3O3. The predicted octanol–water partition coefficient (Wildman–Crippen LogP) is 3.22. The van der Waals surface area contributed by atoms with Crippen LogP contribution in [0, 0.1) is 5.82 Å². The first-order valence-electron chi connectivity index (χ1n) is 11.7. The van der Waals surface area contributed by atoms with Gasteiger partial charge in [0, 0.05) is 50.4 Å². The molecule has 7 heteroatoms. The van der Waals surface area contributed by atoms with Crippen LogP contribution in [-0.2, 0) is 4.79 Å². The Bertz CT molecular complexity index is 992. The quantitative estimate of drug-likeness (QED) is 0.655. The minimum absolute atomic E-state index is 0.173. The Hall–Kier alpha value is -3.06. The van der Waals surface area contributed by atoms with Crippen LogP contribution >= 0.6 is 0 Å². The van der Waals surface area contributed by atoms with Crippen molar-refractivity contribution in [2.45, 2.75) is 25.7 Å². The molecule has 0 spiro atoms. The number of halogens is 1. The molecule has 2 heterocycles. The van der Waals surface area contributed by atoms with Crippen LogP contribution < -0.4 is 0 Å². The fraction of sp³-hybridized carbons (Fsp3) is 0.423. The molecule has 2 aromatic rings. The smallest absolute Gasteiger partial charge is 0.254 e. The summed E-state index contributed by atoms with van der Waals surface area (Å²) in [5, 5.41) is 0. The summed E-state index contributed by atoms with van der Waals surface area (Å²) in [4.78, 5) is 44.7. The van der Waals surface area contributed by atoms with Crippen molar-refractivity contribution in [1.29, 1.82) is 0 Å². The van der Waals surface area contributed by atoms with E-state index in [4.69, 9.17) is 0 Å². The molecule has 0 radical (unpaired) electrons. The fourth-order valence-corrected chi connectivity index (χ4v) is 4.52. The van der Waals surface area contributed by atoms with Crippen LogP contribution in [0.25, 0.3) is 0 Å². The van der Waals surface area contributed by atoms with Crippen molar-refractivity contribution in [1.82, 2.24) is 14.7 Å². The van der Waals surface area contributed by atoms with E-state index in [-0.39, 0.29) is 17.6 Å². The molecule has 0 unspecified atom stereocenters. The highest BCUT2D eigenvalue weighted by Gasteiger charge is 2.27. The van der Waals surface area contributed by atoms with Gasteiger partial charge in [0.05, 0.1) is 12.1 Å². The van der Waals surface area contributed by atoms with E-state index in [9.17, 15) is 18.8 Å². The first-order chi connectivity index (χ1) is 16.0. The number of carbonyl (C=O) groups is 3. The SMILES string of the molecule is O=C(c1ccc(F)cc1)c1ccccc1C(=O)N1CCN(CC(=O)N2CCCCCC2)CC1. The molecule has 2 amide bonds. The van der Waals surface area contributed by atoms with E-state index >= 15 is 0 Å². The van der Waals surface area contributed by atoms with Gasteiger partial charge in [-0.05, 0) is 43.2 Å². The third kappa shape index (κ3) is 5.66. The van der Waals surface area contributed by atoms with Crippen LogP contribution in [0.5, 0.6) is 0 Å². The Labute approximate surface area is 194 Å². The van der Waals surface area contributed by atoms with Crippen LogP contribution in [0.15, 0.2) is 48.5 Å². The van der Waals surface area contributed by atoms with Crippen molar-refractivity contribution in [3.8, 4) is 0 Å². The number of benzene rings is 2. The number of ketones is 1. The van der Waals surface area contributed by atoms with Crippen LogP contribution in [0.1, 0.15) is 52.0 Å². The average molecular weight is 452 g/mol. The zero-order valence-electron chi connectivity index (χ0n) is 18.8. The first kappa shape index (κ1) is 23.1. The van der Waals surface area contributed by atoms with Crippen molar-refractivity contribution in [3.63, 3.8) is 0 Å². The largest absolute Gasteiger partial charge is 0.342 e. The summed E-state index contributed by atoms with van der Waals surface area (Å²) < 4.78 is 13.2. The van der Waals surface area contributed by atoms with E-state index < -0.39 is 5.82 Å². The average Bonchev–Trinajstić information content (AvgIpc) is 3.14. The second kappa shape index (κ2) is 10.7. The van der Waals surface area contributed by atoms with Gasteiger partial charge in [-0.25, -0.2) is 4.39 Å². The number of hydrogen-bond donors (Lipinski definition) is 0. The minimum atomic E-state index is -0.414.